The average molecular weight is 275 g/mol. The Hall–Kier alpha value is -1.35. The third-order valence-electron chi connectivity index (χ3n) is 3.67. The highest BCUT2D eigenvalue weighted by atomic mass is 16.5. The van der Waals surface area contributed by atoms with E-state index in [4.69, 9.17) is 4.74 Å². The number of benzene rings is 1. The number of ether oxygens (including phenoxy) is 1. The molecule has 3 heteroatoms. The van der Waals surface area contributed by atoms with Gasteiger partial charge < -0.3 is 4.74 Å². The lowest BCUT2D eigenvalue weighted by molar-refractivity contribution is 0.0912. The minimum atomic E-state index is 0.161. The van der Waals surface area contributed by atoms with Crippen molar-refractivity contribution in [1.29, 1.82) is 0 Å². The highest BCUT2D eigenvalue weighted by Crippen LogP contribution is 2.28. The van der Waals surface area contributed by atoms with Crippen LogP contribution >= 0.6 is 0 Å². The Morgan fingerprint density at radius 2 is 2.10 bits per heavy atom. The van der Waals surface area contributed by atoms with Crippen LogP contribution in [0.4, 0.5) is 0 Å². The van der Waals surface area contributed by atoms with E-state index in [0.29, 0.717) is 29.8 Å². The minimum Gasteiger partial charge on any atom is -0.496 e. The van der Waals surface area contributed by atoms with Gasteiger partial charge >= 0.3 is 0 Å². The van der Waals surface area contributed by atoms with Gasteiger partial charge in [0.05, 0.1) is 19.2 Å². The Morgan fingerprint density at radius 3 is 2.65 bits per heavy atom. The third kappa shape index (κ3) is 3.83. The molecule has 1 aromatic rings. The molecule has 20 heavy (non-hydrogen) atoms. The van der Waals surface area contributed by atoms with Crippen molar-refractivity contribution in [3.05, 3.63) is 29.3 Å². The fraction of sp³-hybridized carbons (Fsp3) is 0.588. The van der Waals surface area contributed by atoms with Gasteiger partial charge in [-0.1, -0.05) is 19.9 Å². The predicted molar refractivity (Wildman–Crippen MR) is 81.5 cm³/mol. The second-order valence-corrected chi connectivity index (χ2v) is 6.18. The molecule has 0 radical (unpaired) electrons. The monoisotopic (exact) mass is 275 g/mol. The molecule has 1 aliphatic carbocycles. The van der Waals surface area contributed by atoms with Crippen molar-refractivity contribution in [2.45, 2.75) is 39.7 Å². The molecule has 1 fully saturated rings. The van der Waals surface area contributed by atoms with Gasteiger partial charge in [-0.2, -0.15) is 0 Å². The van der Waals surface area contributed by atoms with Crippen molar-refractivity contribution >= 4 is 5.78 Å². The van der Waals surface area contributed by atoms with Crippen molar-refractivity contribution in [3.63, 3.8) is 0 Å². The van der Waals surface area contributed by atoms with Gasteiger partial charge in [-0.25, -0.2) is 0 Å². The average Bonchev–Trinajstić information content (AvgIpc) is 3.21. The Labute approximate surface area is 121 Å². The van der Waals surface area contributed by atoms with Crippen LogP contribution in [-0.2, 0) is 0 Å². The summed E-state index contributed by atoms with van der Waals surface area (Å²) in [4.78, 5) is 14.9. The minimum absolute atomic E-state index is 0.161. The number of hydrogen-bond acceptors (Lipinski definition) is 3. The van der Waals surface area contributed by atoms with Gasteiger partial charge in [0, 0.05) is 12.6 Å². The van der Waals surface area contributed by atoms with Crippen molar-refractivity contribution in [1.82, 2.24) is 4.90 Å². The van der Waals surface area contributed by atoms with Crippen LogP contribution in [0.25, 0.3) is 0 Å². The molecule has 0 aliphatic heterocycles. The van der Waals surface area contributed by atoms with Gasteiger partial charge in [0.15, 0.2) is 5.78 Å². The molecular weight excluding hydrogens is 250 g/mol. The van der Waals surface area contributed by atoms with Crippen LogP contribution in [0, 0.1) is 12.8 Å². The summed E-state index contributed by atoms with van der Waals surface area (Å²) in [6.07, 6.45) is 2.45. The lowest BCUT2D eigenvalue weighted by atomic mass is 10.1. The van der Waals surface area contributed by atoms with Crippen LogP contribution < -0.4 is 4.74 Å². The van der Waals surface area contributed by atoms with Crippen molar-refractivity contribution in [3.8, 4) is 5.75 Å². The summed E-state index contributed by atoms with van der Waals surface area (Å²) < 4.78 is 5.35. The molecular formula is C17H25NO2. The molecule has 0 N–H and O–H groups in total. The fourth-order valence-corrected chi connectivity index (χ4v) is 2.55. The number of methoxy groups -OCH3 is 1. The first kappa shape index (κ1) is 15.0. The molecule has 110 valence electrons. The summed E-state index contributed by atoms with van der Waals surface area (Å²) in [7, 11) is 1.62. The summed E-state index contributed by atoms with van der Waals surface area (Å²) in [5.41, 5.74) is 1.81. The normalized spacial score (nSPS) is 14.9. The first-order chi connectivity index (χ1) is 9.51. The maximum atomic E-state index is 12.5. The van der Waals surface area contributed by atoms with Crippen LogP contribution in [0.2, 0.25) is 0 Å². The summed E-state index contributed by atoms with van der Waals surface area (Å²) in [5, 5.41) is 0. The van der Waals surface area contributed by atoms with Crippen LogP contribution in [0.3, 0.4) is 0 Å². The summed E-state index contributed by atoms with van der Waals surface area (Å²) in [6, 6.07) is 6.39. The number of ketones is 1. The van der Waals surface area contributed by atoms with E-state index in [0.717, 1.165) is 12.1 Å². The number of aryl methyl sites for hydroxylation is 1. The van der Waals surface area contributed by atoms with E-state index in [1.54, 1.807) is 7.11 Å². The Balaban J connectivity index is 2.10. The van der Waals surface area contributed by atoms with Crippen LogP contribution in [0.1, 0.15) is 42.6 Å². The van der Waals surface area contributed by atoms with Gasteiger partial charge in [0.25, 0.3) is 0 Å². The summed E-state index contributed by atoms with van der Waals surface area (Å²) >= 11 is 0. The molecule has 0 heterocycles. The molecule has 0 aromatic heterocycles. The zero-order valence-corrected chi connectivity index (χ0v) is 13.0. The maximum absolute atomic E-state index is 12.5. The largest absolute Gasteiger partial charge is 0.496 e. The quantitative estimate of drug-likeness (QED) is 0.715. The van der Waals surface area contributed by atoms with Gasteiger partial charge in [0.1, 0.15) is 5.75 Å². The highest BCUT2D eigenvalue weighted by molar-refractivity contribution is 6.00. The van der Waals surface area contributed by atoms with Gasteiger partial charge in [-0.3, -0.25) is 9.69 Å². The molecule has 0 unspecified atom stereocenters. The Morgan fingerprint density at radius 1 is 1.40 bits per heavy atom. The van der Waals surface area contributed by atoms with Crippen LogP contribution in [0.5, 0.6) is 5.75 Å². The third-order valence-corrected chi connectivity index (χ3v) is 3.67. The molecule has 1 saturated carbocycles. The topological polar surface area (TPSA) is 29.5 Å². The zero-order chi connectivity index (χ0) is 14.7. The standard InChI is InChI=1S/C17H25NO2/c1-12(2)10-18(14-6-7-14)11-16(19)15-8-5-13(3)9-17(15)20-4/h5,8-9,12,14H,6-7,10-11H2,1-4H3. The van der Waals surface area contributed by atoms with E-state index in [-0.39, 0.29) is 5.78 Å². The Bertz CT molecular complexity index is 478. The van der Waals surface area contributed by atoms with Crippen LogP contribution in [-0.4, -0.2) is 36.9 Å². The molecule has 1 aliphatic rings. The number of Topliss-reactive ketones (excluding diaryl/α,β-unsaturated/α-hetero) is 1. The van der Waals surface area contributed by atoms with Gasteiger partial charge in [-0.05, 0) is 43.4 Å². The second kappa shape index (κ2) is 6.40. The number of carbonyl (C=O) groups excluding carboxylic acids is 1. The van der Waals surface area contributed by atoms with E-state index in [1.165, 1.54) is 12.8 Å². The van der Waals surface area contributed by atoms with E-state index >= 15 is 0 Å². The lowest BCUT2D eigenvalue weighted by Gasteiger charge is -2.23. The molecule has 2 rings (SSSR count). The van der Waals surface area contributed by atoms with Gasteiger partial charge in [0.2, 0.25) is 0 Å². The number of hydrogen-bond donors (Lipinski definition) is 0. The van der Waals surface area contributed by atoms with E-state index in [9.17, 15) is 4.79 Å². The molecule has 0 amide bonds. The zero-order valence-electron chi connectivity index (χ0n) is 13.0. The molecule has 0 saturated heterocycles. The highest BCUT2D eigenvalue weighted by Gasteiger charge is 2.31. The second-order valence-electron chi connectivity index (χ2n) is 6.18. The van der Waals surface area contributed by atoms with Crippen molar-refractivity contribution < 1.29 is 9.53 Å². The molecule has 0 atom stereocenters. The smallest absolute Gasteiger partial charge is 0.180 e. The Kier molecular flexibility index (Phi) is 4.81. The summed E-state index contributed by atoms with van der Waals surface area (Å²) in [5.74, 6) is 1.44. The fourth-order valence-electron chi connectivity index (χ4n) is 2.55. The van der Waals surface area contributed by atoms with E-state index < -0.39 is 0 Å². The SMILES string of the molecule is COc1cc(C)ccc1C(=O)CN(CC(C)C)C1CC1. The number of carbonyl (C=O) groups is 1. The number of nitrogens with zero attached hydrogens (tertiary/aromatic N) is 1. The molecule has 0 spiro atoms. The first-order valence-corrected chi connectivity index (χ1v) is 7.43. The van der Waals surface area contributed by atoms with E-state index in [2.05, 4.69) is 18.7 Å². The summed E-state index contributed by atoms with van der Waals surface area (Å²) in [6.45, 7) is 7.90. The maximum Gasteiger partial charge on any atom is 0.180 e. The first-order valence-electron chi connectivity index (χ1n) is 7.43. The molecule has 3 nitrogen and oxygen atoms in total. The van der Waals surface area contributed by atoms with Crippen molar-refractivity contribution in [2.24, 2.45) is 5.92 Å². The number of rotatable bonds is 7. The van der Waals surface area contributed by atoms with Crippen molar-refractivity contribution in [2.75, 3.05) is 20.2 Å². The van der Waals surface area contributed by atoms with Gasteiger partial charge in [-0.15, -0.1) is 0 Å². The van der Waals surface area contributed by atoms with Crippen LogP contribution in [0.15, 0.2) is 18.2 Å². The van der Waals surface area contributed by atoms with E-state index in [1.807, 2.05) is 25.1 Å². The molecule has 0 bridgehead atoms. The lowest BCUT2D eigenvalue weighted by Crippen LogP contribution is -2.35. The molecule has 1 aromatic carbocycles. The predicted octanol–water partition coefficient (Wildman–Crippen LogP) is 3.31.